The van der Waals surface area contributed by atoms with Crippen molar-refractivity contribution in [3.05, 3.63) is 11.3 Å². The average Bonchev–Trinajstić information content (AvgIpc) is 2.76. The zero-order valence-corrected chi connectivity index (χ0v) is 18.0. The lowest BCUT2D eigenvalue weighted by Gasteiger charge is -2.58. The third-order valence-electron chi connectivity index (χ3n) is 7.73. The zero-order valence-electron chi connectivity index (χ0n) is 18.0. The highest BCUT2D eigenvalue weighted by atomic mass is 16.7. The quantitative estimate of drug-likeness (QED) is 0.284. The van der Waals surface area contributed by atoms with Gasteiger partial charge < -0.3 is 49.6 Å². The molecule has 11 unspecified atom stereocenters. The molecule has 0 spiro atoms. The lowest BCUT2D eigenvalue weighted by molar-refractivity contribution is -0.302. The molecule has 0 radical (unpaired) electrons. The van der Waals surface area contributed by atoms with Crippen molar-refractivity contribution in [2.75, 3.05) is 13.7 Å². The normalized spacial score (nSPS) is 51.1. The fourth-order valence-electron chi connectivity index (χ4n) is 5.49. The first kappa shape index (κ1) is 23.3. The van der Waals surface area contributed by atoms with Crippen molar-refractivity contribution >= 4 is 0 Å². The maximum Gasteiger partial charge on any atom is 0.228 e. The standard InChI is InChI=1S/C21H34O10/c1-21(2)8-4-5-9(10(21)6-8)17(30-20-15(26)12(23)11(22)7-29-20)18-14(25)13(24)16(27)19(28-3)31-18/h8,10-16,18-20,22-27H,4-7H2,1-3H3. The molecule has 2 heterocycles. The SMILES string of the molecule is COC1OC(C(OC2OCC(O)C(O)C2O)=C2CCC3CC2C3(C)C)C(O)C(O)C1O. The summed E-state index contributed by atoms with van der Waals surface area (Å²) in [5, 5.41) is 61.5. The Bertz CT molecular complexity index is 692. The van der Waals surface area contributed by atoms with Gasteiger partial charge in [0.05, 0.1) is 6.61 Å². The van der Waals surface area contributed by atoms with Crippen molar-refractivity contribution < 1.29 is 49.6 Å². The van der Waals surface area contributed by atoms with E-state index in [0.717, 1.165) is 18.4 Å². The topological polar surface area (TPSA) is 158 Å². The number of fused-ring (bicyclic) bond motifs is 2. The minimum Gasteiger partial charge on any atom is -0.463 e. The van der Waals surface area contributed by atoms with Crippen LogP contribution in [0.5, 0.6) is 0 Å². The monoisotopic (exact) mass is 446 g/mol. The van der Waals surface area contributed by atoms with E-state index in [1.165, 1.54) is 7.11 Å². The first-order chi connectivity index (χ1) is 14.6. The van der Waals surface area contributed by atoms with E-state index in [4.69, 9.17) is 18.9 Å². The Morgan fingerprint density at radius 3 is 2.23 bits per heavy atom. The molecule has 178 valence electrons. The molecule has 0 amide bonds. The van der Waals surface area contributed by atoms with Gasteiger partial charge in [-0.3, -0.25) is 0 Å². The molecule has 31 heavy (non-hydrogen) atoms. The van der Waals surface area contributed by atoms with Gasteiger partial charge in [0.1, 0.15) is 48.5 Å². The lowest BCUT2D eigenvalue weighted by Crippen LogP contribution is -2.60. The van der Waals surface area contributed by atoms with Crippen molar-refractivity contribution in [3.8, 4) is 0 Å². The van der Waals surface area contributed by atoms with Crippen LogP contribution < -0.4 is 0 Å². The molecule has 2 saturated heterocycles. The molecule has 11 atom stereocenters. The first-order valence-corrected chi connectivity index (χ1v) is 10.9. The van der Waals surface area contributed by atoms with Crippen LogP contribution in [0.1, 0.15) is 33.1 Å². The molecule has 3 saturated carbocycles. The van der Waals surface area contributed by atoms with Gasteiger partial charge in [0, 0.05) is 7.11 Å². The van der Waals surface area contributed by atoms with Gasteiger partial charge in [-0.15, -0.1) is 0 Å². The van der Waals surface area contributed by atoms with E-state index < -0.39 is 55.3 Å². The fourth-order valence-corrected chi connectivity index (χ4v) is 5.49. The molecule has 10 nitrogen and oxygen atoms in total. The van der Waals surface area contributed by atoms with E-state index in [2.05, 4.69) is 13.8 Å². The maximum absolute atomic E-state index is 10.7. The summed E-state index contributed by atoms with van der Waals surface area (Å²) in [7, 11) is 1.31. The predicted octanol–water partition coefficient (Wildman–Crippen LogP) is -1.39. The Labute approximate surface area is 181 Å². The smallest absolute Gasteiger partial charge is 0.228 e. The Morgan fingerprint density at radius 1 is 0.935 bits per heavy atom. The highest BCUT2D eigenvalue weighted by molar-refractivity contribution is 5.28. The molecule has 10 heteroatoms. The van der Waals surface area contributed by atoms with Crippen LogP contribution in [0.3, 0.4) is 0 Å². The van der Waals surface area contributed by atoms with Gasteiger partial charge in [0.2, 0.25) is 6.29 Å². The van der Waals surface area contributed by atoms with Gasteiger partial charge in [0.15, 0.2) is 6.29 Å². The molecule has 2 bridgehead atoms. The molecular weight excluding hydrogens is 412 g/mol. The second kappa shape index (κ2) is 8.51. The van der Waals surface area contributed by atoms with Crippen LogP contribution >= 0.6 is 0 Å². The molecule has 5 rings (SSSR count). The van der Waals surface area contributed by atoms with Crippen LogP contribution in [0.15, 0.2) is 11.3 Å². The summed E-state index contributed by atoms with van der Waals surface area (Å²) in [6.07, 6.45) is -9.87. The van der Waals surface area contributed by atoms with Crippen LogP contribution in [0.25, 0.3) is 0 Å². The van der Waals surface area contributed by atoms with Crippen LogP contribution in [-0.2, 0) is 18.9 Å². The van der Waals surface area contributed by atoms with E-state index in [9.17, 15) is 30.6 Å². The van der Waals surface area contributed by atoms with E-state index in [0.29, 0.717) is 12.3 Å². The van der Waals surface area contributed by atoms with Crippen molar-refractivity contribution in [3.63, 3.8) is 0 Å². The Kier molecular flexibility index (Phi) is 6.41. The van der Waals surface area contributed by atoms with E-state index in [-0.39, 0.29) is 23.7 Å². The van der Waals surface area contributed by atoms with Crippen molar-refractivity contribution in [2.45, 2.75) is 88.4 Å². The third kappa shape index (κ3) is 3.81. The van der Waals surface area contributed by atoms with Gasteiger partial charge in [0.25, 0.3) is 0 Å². The van der Waals surface area contributed by atoms with Crippen LogP contribution in [-0.4, -0.2) is 99.7 Å². The van der Waals surface area contributed by atoms with Crippen LogP contribution in [0.4, 0.5) is 0 Å². The molecule has 5 fully saturated rings. The number of methoxy groups -OCH3 is 1. The molecule has 3 aliphatic carbocycles. The van der Waals surface area contributed by atoms with E-state index in [1.54, 1.807) is 0 Å². The number of aliphatic hydroxyl groups excluding tert-OH is 6. The molecule has 0 aromatic carbocycles. The summed E-state index contributed by atoms with van der Waals surface area (Å²) >= 11 is 0. The summed E-state index contributed by atoms with van der Waals surface area (Å²) in [6.45, 7) is 4.10. The zero-order chi connectivity index (χ0) is 22.7. The maximum atomic E-state index is 10.7. The van der Waals surface area contributed by atoms with Crippen LogP contribution in [0, 0.1) is 17.3 Å². The molecule has 6 N–H and O–H groups in total. The number of aliphatic hydroxyl groups is 6. The molecule has 2 aliphatic heterocycles. The summed E-state index contributed by atoms with van der Waals surface area (Å²) in [5.41, 5.74) is 0.911. The van der Waals surface area contributed by atoms with Gasteiger partial charge in [-0.1, -0.05) is 13.8 Å². The van der Waals surface area contributed by atoms with Gasteiger partial charge in [-0.05, 0) is 42.1 Å². The number of ether oxygens (including phenoxy) is 4. The lowest BCUT2D eigenvalue weighted by atomic mass is 9.47. The fraction of sp³-hybridized carbons (Fsp3) is 0.905. The van der Waals surface area contributed by atoms with Gasteiger partial charge in [-0.25, -0.2) is 0 Å². The molecular formula is C21H34O10. The summed E-state index contributed by atoms with van der Waals surface area (Å²) in [4.78, 5) is 0. The number of rotatable bonds is 4. The van der Waals surface area contributed by atoms with E-state index >= 15 is 0 Å². The Balaban J connectivity index is 1.69. The van der Waals surface area contributed by atoms with Gasteiger partial charge in [-0.2, -0.15) is 0 Å². The summed E-state index contributed by atoms with van der Waals surface area (Å²) < 4.78 is 22.4. The van der Waals surface area contributed by atoms with Gasteiger partial charge >= 0.3 is 0 Å². The Morgan fingerprint density at radius 2 is 1.61 bits per heavy atom. The Hall–Kier alpha value is -0.820. The van der Waals surface area contributed by atoms with Crippen molar-refractivity contribution in [1.82, 2.24) is 0 Å². The average molecular weight is 446 g/mol. The second-order valence-electron chi connectivity index (χ2n) is 9.74. The summed E-state index contributed by atoms with van der Waals surface area (Å²) in [5.74, 6) is 0.940. The highest BCUT2D eigenvalue weighted by Crippen LogP contribution is 2.62. The van der Waals surface area contributed by atoms with Crippen LogP contribution in [0.2, 0.25) is 0 Å². The number of hydrogen-bond acceptors (Lipinski definition) is 10. The number of hydrogen-bond donors (Lipinski definition) is 6. The second-order valence-corrected chi connectivity index (χ2v) is 9.74. The molecule has 0 aromatic rings. The minimum atomic E-state index is -1.54. The van der Waals surface area contributed by atoms with Crippen molar-refractivity contribution in [1.29, 1.82) is 0 Å². The van der Waals surface area contributed by atoms with E-state index in [1.807, 2.05) is 0 Å². The highest BCUT2D eigenvalue weighted by Gasteiger charge is 2.56. The first-order valence-electron chi connectivity index (χ1n) is 10.9. The van der Waals surface area contributed by atoms with Crippen molar-refractivity contribution in [2.24, 2.45) is 17.3 Å². The minimum absolute atomic E-state index is 0.0162. The number of allylic oxidation sites excluding steroid dienone is 1. The molecule has 5 aliphatic rings. The predicted molar refractivity (Wildman–Crippen MR) is 104 cm³/mol. The summed E-state index contributed by atoms with van der Waals surface area (Å²) in [6, 6.07) is 0. The largest absolute Gasteiger partial charge is 0.463 e. The molecule has 0 aromatic heterocycles. The third-order valence-corrected chi connectivity index (χ3v) is 7.73.